The highest BCUT2D eigenvalue weighted by Crippen LogP contribution is 2.23. The molecule has 25 heavy (non-hydrogen) atoms. The summed E-state index contributed by atoms with van der Waals surface area (Å²) >= 11 is 1.79. The summed E-state index contributed by atoms with van der Waals surface area (Å²) in [7, 11) is 2.14. The number of benzene rings is 2. The van der Waals surface area contributed by atoms with E-state index in [4.69, 9.17) is 0 Å². The zero-order chi connectivity index (χ0) is 17.8. The molecular weight excluding hydrogens is 328 g/mol. The van der Waals surface area contributed by atoms with Gasteiger partial charge in [0.25, 0.3) is 5.91 Å². The fourth-order valence-corrected chi connectivity index (χ4v) is 3.98. The van der Waals surface area contributed by atoms with Crippen LogP contribution in [-0.4, -0.2) is 36.2 Å². The number of nitrogens with zero attached hydrogens (tertiary/aromatic N) is 1. The van der Waals surface area contributed by atoms with Crippen LogP contribution in [0.5, 0.6) is 0 Å². The van der Waals surface area contributed by atoms with Crippen LogP contribution in [0.4, 0.5) is 0 Å². The molecule has 1 atom stereocenters. The smallest absolute Gasteiger partial charge is 0.251 e. The van der Waals surface area contributed by atoms with Crippen molar-refractivity contribution in [2.45, 2.75) is 37.8 Å². The lowest BCUT2D eigenvalue weighted by Crippen LogP contribution is -2.45. The predicted octanol–water partition coefficient (Wildman–Crippen LogP) is 3.89. The second-order valence-corrected chi connectivity index (χ2v) is 8.05. The molecular formula is C21H26N2OS. The van der Waals surface area contributed by atoms with E-state index in [1.54, 1.807) is 11.8 Å². The van der Waals surface area contributed by atoms with Gasteiger partial charge in [0.2, 0.25) is 0 Å². The van der Waals surface area contributed by atoms with Crippen molar-refractivity contribution in [3.05, 3.63) is 64.7 Å². The summed E-state index contributed by atoms with van der Waals surface area (Å²) < 4.78 is 0. The summed E-state index contributed by atoms with van der Waals surface area (Å²) in [6.45, 7) is 5.88. The highest BCUT2D eigenvalue weighted by Gasteiger charge is 2.23. The number of rotatable bonds is 5. The molecule has 3 nitrogen and oxygen atoms in total. The van der Waals surface area contributed by atoms with Gasteiger partial charge in [-0.1, -0.05) is 30.7 Å². The van der Waals surface area contributed by atoms with Crippen molar-refractivity contribution < 1.29 is 4.79 Å². The van der Waals surface area contributed by atoms with E-state index in [-0.39, 0.29) is 5.91 Å². The van der Waals surface area contributed by atoms with Crippen LogP contribution in [0, 0.1) is 6.92 Å². The van der Waals surface area contributed by atoms with Crippen molar-refractivity contribution in [3.63, 3.8) is 0 Å². The van der Waals surface area contributed by atoms with Crippen molar-refractivity contribution in [2.24, 2.45) is 0 Å². The van der Waals surface area contributed by atoms with E-state index in [1.807, 2.05) is 24.3 Å². The summed E-state index contributed by atoms with van der Waals surface area (Å²) in [6.07, 6.45) is 0.986. The molecule has 1 N–H and O–H groups in total. The van der Waals surface area contributed by atoms with Crippen LogP contribution in [0.1, 0.15) is 34.0 Å². The molecule has 0 radical (unpaired) electrons. The van der Waals surface area contributed by atoms with E-state index in [0.717, 1.165) is 24.3 Å². The molecule has 1 amide bonds. The average Bonchev–Trinajstić information content (AvgIpc) is 2.61. The number of aryl methyl sites for hydroxylation is 1. The third-order valence-corrected chi connectivity index (χ3v) is 5.68. The minimum Gasteiger partial charge on any atom is -0.350 e. The number of likely N-dealkylation sites (N-methyl/N-ethyl adjacent to an activating group) is 1. The van der Waals surface area contributed by atoms with Crippen LogP contribution < -0.4 is 5.32 Å². The molecule has 0 saturated heterocycles. The van der Waals surface area contributed by atoms with Crippen molar-refractivity contribution in [2.75, 3.05) is 19.3 Å². The van der Waals surface area contributed by atoms with Gasteiger partial charge in [0.05, 0.1) is 0 Å². The Morgan fingerprint density at radius 2 is 1.96 bits per heavy atom. The number of hydrogen-bond acceptors (Lipinski definition) is 3. The van der Waals surface area contributed by atoms with Gasteiger partial charge in [0.1, 0.15) is 0 Å². The van der Waals surface area contributed by atoms with Crippen molar-refractivity contribution in [1.82, 2.24) is 10.2 Å². The Morgan fingerprint density at radius 3 is 2.68 bits per heavy atom. The van der Waals surface area contributed by atoms with Gasteiger partial charge in [-0.25, -0.2) is 0 Å². The first-order valence-corrected chi connectivity index (χ1v) is 9.85. The molecule has 4 heteroatoms. The second kappa shape index (κ2) is 8.07. The number of hydrogen-bond donors (Lipinski definition) is 1. The maximum absolute atomic E-state index is 12.4. The number of carbonyl (C=O) groups is 1. The van der Waals surface area contributed by atoms with E-state index in [9.17, 15) is 4.79 Å². The van der Waals surface area contributed by atoms with E-state index in [0.29, 0.717) is 12.6 Å². The normalized spacial score (nSPS) is 17.2. The molecule has 0 aromatic heterocycles. The van der Waals surface area contributed by atoms with Gasteiger partial charge in [-0.3, -0.25) is 9.69 Å². The van der Waals surface area contributed by atoms with E-state index >= 15 is 0 Å². The van der Waals surface area contributed by atoms with Gasteiger partial charge in [-0.15, -0.1) is 11.8 Å². The first kappa shape index (κ1) is 18.0. The van der Waals surface area contributed by atoms with Gasteiger partial charge in [0, 0.05) is 29.6 Å². The Bertz CT molecular complexity index is 742. The lowest BCUT2D eigenvalue weighted by atomic mass is 9.93. The topological polar surface area (TPSA) is 32.3 Å². The number of carbonyl (C=O) groups excluding carboxylic acids is 1. The maximum Gasteiger partial charge on any atom is 0.251 e. The summed E-state index contributed by atoms with van der Waals surface area (Å²) in [5.41, 5.74) is 4.85. The summed E-state index contributed by atoms with van der Waals surface area (Å²) in [5.74, 6) is 1.05. The Kier molecular flexibility index (Phi) is 5.82. The Hall–Kier alpha value is -1.78. The number of thioether (sulfide) groups is 1. The second-order valence-electron chi connectivity index (χ2n) is 6.71. The molecule has 0 aliphatic carbocycles. The van der Waals surface area contributed by atoms with Gasteiger partial charge in [-0.2, -0.15) is 0 Å². The van der Waals surface area contributed by atoms with Crippen LogP contribution in [0.3, 0.4) is 0 Å². The molecule has 0 spiro atoms. The summed E-state index contributed by atoms with van der Waals surface area (Å²) in [6, 6.07) is 14.9. The average molecular weight is 355 g/mol. The largest absolute Gasteiger partial charge is 0.350 e. The molecule has 1 aliphatic rings. The molecule has 1 aliphatic heterocycles. The van der Waals surface area contributed by atoms with Crippen molar-refractivity contribution in [3.8, 4) is 0 Å². The van der Waals surface area contributed by atoms with Gasteiger partial charge < -0.3 is 5.32 Å². The fraction of sp³-hybridized carbons (Fsp3) is 0.381. The molecule has 2 aromatic carbocycles. The summed E-state index contributed by atoms with van der Waals surface area (Å²) in [5, 5.41) is 3.11. The van der Waals surface area contributed by atoms with Crippen LogP contribution in [0.15, 0.2) is 47.4 Å². The summed E-state index contributed by atoms with van der Waals surface area (Å²) in [4.78, 5) is 16.0. The van der Waals surface area contributed by atoms with Gasteiger partial charge in [0.15, 0.2) is 0 Å². The van der Waals surface area contributed by atoms with E-state index in [1.165, 1.54) is 21.6 Å². The molecule has 0 bridgehead atoms. The van der Waals surface area contributed by atoms with Gasteiger partial charge >= 0.3 is 0 Å². The number of amides is 1. The Labute approximate surface area is 154 Å². The van der Waals surface area contributed by atoms with Crippen LogP contribution in [0.2, 0.25) is 0 Å². The zero-order valence-electron chi connectivity index (χ0n) is 15.2. The van der Waals surface area contributed by atoms with Crippen molar-refractivity contribution in [1.29, 1.82) is 0 Å². The predicted molar refractivity (Wildman–Crippen MR) is 105 cm³/mol. The first-order chi connectivity index (χ1) is 12.1. The van der Waals surface area contributed by atoms with Crippen LogP contribution in [0.25, 0.3) is 0 Å². The van der Waals surface area contributed by atoms with Crippen molar-refractivity contribution >= 4 is 17.7 Å². The van der Waals surface area contributed by atoms with E-state index < -0.39 is 0 Å². The minimum absolute atomic E-state index is 0.0106. The van der Waals surface area contributed by atoms with E-state index in [2.05, 4.69) is 49.3 Å². The lowest BCUT2D eigenvalue weighted by Gasteiger charge is -2.34. The quantitative estimate of drug-likeness (QED) is 0.827. The van der Waals surface area contributed by atoms with Crippen LogP contribution in [-0.2, 0) is 13.0 Å². The lowest BCUT2D eigenvalue weighted by molar-refractivity contribution is 0.0934. The molecule has 0 unspecified atom stereocenters. The highest BCUT2D eigenvalue weighted by atomic mass is 32.2. The molecule has 2 aromatic rings. The Morgan fingerprint density at radius 1 is 1.20 bits per heavy atom. The highest BCUT2D eigenvalue weighted by molar-refractivity contribution is 7.99. The monoisotopic (exact) mass is 354 g/mol. The fourth-order valence-electron chi connectivity index (χ4n) is 3.32. The Balaban J connectivity index is 1.60. The molecule has 0 saturated carbocycles. The molecule has 0 fully saturated rings. The first-order valence-electron chi connectivity index (χ1n) is 8.86. The number of fused-ring (bicyclic) bond motifs is 1. The molecule has 132 valence electrons. The number of nitrogens with one attached hydrogen (secondary N) is 1. The maximum atomic E-state index is 12.4. The third-order valence-electron chi connectivity index (χ3n) is 4.79. The third kappa shape index (κ3) is 4.44. The standard InChI is InChI=1S/C21H26N2OS/c1-4-25-20-9-7-16(8-10-20)21(24)22-13-19-12-18-11-15(2)5-6-17(18)14-23(19)3/h5-11,19H,4,12-14H2,1-3H3,(H,22,24)/t19-/m1/s1. The van der Waals surface area contributed by atoms with Gasteiger partial charge in [-0.05, 0) is 61.5 Å². The van der Waals surface area contributed by atoms with Crippen LogP contribution >= 0.6 is 11.8 Å². The molecule has 1 heterocycles. The minimum atomic E-state index is 0.0106. The SMILES string of the molecule is CCSc1ccc(C(=O)NC[C@H]2Cc3cc(C)ccc3CN2C)cc1. The zero-order valence-corrected chi connectivity index (χ0v) is 16.0. The molecule has 3 rings (SSSR count).